The first kappa shape index (κ1) is 13.9. The van der Waals surface area contributed by atoms with Crippen LogP contribution in [0.3, 0.4) is 0 Å². The minimum atomic E-state index is -0.820. The lowest BCUT2D eigenvalue weighted by atomic mass is 9.97. The maximum Gasteiger partial charge on any atom is 0.317 e. The van der Waals surface area contributed by atoms with Crippen LogP contribution in [-0.4, -0.2) is 48.1 Å². The van der Waals surface area contributed by atoms with Crippen LogP contribution < -0.4 is 5.32 Å². The molecule has 1 saturated heterocycles. The molecule has 3 unspecified atom stereocenters. The molecule has 3 atom stereocenters. The highest BCUT2D eigenvalue weighted by molar-refractivity contribution is 5.82. The van der Waals surface area contributed by atoms with Gasteiger partial charge in [0, 0.05) is 25.6 Å². The zero-order valence-corrected chi connectivity index (χ0v) is 11.9. The normalized spacial score (nSPS) is 35.7. The first-order valence-corrected chi connectivity index (χ1v) is 7.88. The molecule has 20 heavy (non-hydrogen) atoms. The van der Waals surface area contributed by atoms with Crippen molar-refractivity contribution in [2.75, 3.05) is 26.2 Å². The van der Waals surface area contributed by atoms with Crippen LogP contribution in [0.5, 0.6) is 0 Å². The van der Waals surface area contributed by atoms with Crippen LogP contribution >= 0.6 is 0 Å². The summed E-state index contributed by atoms with van der Waals surface area (Å²) in [5.41, 5.74) is 0. The SMILES string of the molecule is O=C(O)CNCC1CCCN(C(=O)C2C3CCCC32)C1. The molecular formula is C15H24N2O3. The van der Waals surface area contributed by atoms with Crippen molar-refractivity contribution in [3.05, 3.63) is 0 Å². The smallest absolute Gasteiger partial charge is 0.317 e. The fourth-order valence-corrected chi connectivity index (χ4v) is 4.21. The molecule has 3 aliphatic rings. The number of fused-ring (bicyclic) bond motifs is 1. The molecular weight excluding hydrogens is 256 g/mol. The van der Waals surface area contributed by atoms with E-state index < -0.39 is 5.97 Å². The van der Waals surface area contributed by atoms with Crippen molar-refractivity contribution in [1.29, 1.82) is 0 Å². The van der Waals surface area contributed by atoms with E-state index in [9.17, 15) is 9.59 Å². The Morgan fingerprint density at radius 1 is 1.15 bits per heavy atom. The minimum absolute atomic E-state index is 0.0111. The zero-order valence-electron chi connectivity index (χ0n) is 11.9. The van der Waals surface area contributed by atoms with E-state index in [1.165, 1.54) is 19.3 Å². The van der Waals surface area contributed by atoms with Crippen LogP contribution in [0.4, 0.5) is 0 Å². The predicted octanol–water partition coefficient (Wildman–Crippen LogP) is 0.945. The molecule has 5 heteroatoms. The molecule has 0 aromatic carbocycles. The Balaban J connectivity index is 1.45. The molecule has 1 amide bonds. The number of amides is 1. The van der Waals surface area contributed by atoms with Crippen molar-refractivity contribution < 1.29 is 14.7 Å². The van der Waals surface area contributed by atoms with Gasteiger partial charge in [-0.25, -0.2) is 0 Å². The summed E-state index contributed by atoms with van der Waals surface area (Å²) < 4.78 is 0. The number of likely N-dealkylation sites (tertiary alicyclic amines) is 1. The monoisotopic (exact) mass is 280 g/mol. The molecule has 3 rings (SSSR count). The summed E-state index contributed by atoms with van der Waals surface area (Å²) in [5, 5.41) is 11.6. The average Bonchev–Trinajstić information content (AvgIpc) is 2.90. The molecule has 5 nitrogen and oxygen atoms in total. The van der Waals surface area contributed by atoms with Crippen LogP contribution in [0.25, 0.3) is 0 Å². The predicted molar refractivity (Wildman–Crippen MR) is 74.1 cm³/mol. The maximum atomic E-state index is 12.5. The Kier molecular flexibility index (Phi) is 3.96. The fourth-order valence-electron chi connectivity index (χ4n) is 4.21. The number of hydrogen-bond acceptors (Lipinski definition) is 3. The summed E-state index contributed by atoms with van der Waals surface area (Å²) in [4.78, 5) is 25.1. The van der Waals surface area contributed by atoms with E-state index in [2.05, 4.69) is 5.32 Å². The first-order chi connectivity index (χ1) is 9.66. The lowest BCUT2D eigenvalue weighted by Crippen LogP contribution is -2.44. The van der Waals surface area contributed by atoms with Crippen LogP contribution in [0.2, 0.25) is 0 Å². The van der Waals surface area contributed by atoms with E-state index in [4.69, 9.17) is 5.11 Å². The highest BCUT2D eigenvalue weighted by atomic mass is 16.4. The number of nitrogens with one attached hydrogen (secondary N) is 1. The molecule has 0 spiro atoms. The number of aliphatic carboxylic acids is 1. The first-order valence-electron chi connectivity index (χ1n) is 7.88. The molecule has 0 bridgehead atoms. The minimum Gasteiger partial charge on any atom is -0.480 e. The number of carbonyl (C=O) groups excluding carboxylic acids is 1. The molecule has 3 fully saturated rings. The van der Waals surface area contributed by atoms with E-state index >= 15 is 0 Å². The van der Waals surface area contributed by atoms with Crippen LogP contribution in [0.15, 0.2) is 0 Å². The summed E-state index contributed by atoms with van der Waals surface area (Å²) in [5.74, 6) is 1.67. The summed E-state index contributed by atoms with van der Waals surface area (Å²) in [6, 6.07) is 0. The second kappa shape index (κ2) is 5.72. The molecule has 2 N–H and O–H groups in total. The van der Waals surface area contributed by atoms with Gasteiger partial charge >= 0.3 is 5.97 Å². The van der Waals surface area contributed by atoms with Gasteiger partial charge in [0.05, 0.1) is 6.54 Å². The quantitative estimate of drug-likeness (QED) is 0.786. The number of rotatable bonds is 5. The Hall–Kier alpha value is -1.10. The average molecular weight is 280 g/mol. The molecule has 0 radical (unpaired) electrons. The molecule has 112 valence electrons. The summed E-state index contributed by atoms with van der Waals surface area (Å²) >= 11 is 0. The number of carboxylic acid groups (broad SMARTS) is 1. The number of hydrogen-bond donors (Lipinski definition) is 2. The number of carbonyl (C=O) groups is 2. The lowest BCUT2D eigenvalue weighted by Gasteiger charge is -2.33. The summed E-state index contributed by atoms with van der Waals surface area (Å²) in [6.45, 7) is 2.41. The standard InChI is InChI=1S/C15H24N2O3/c18-13(19)8-16-7-10-3-2-6-17(9-10)15(20)14-11-4-1-5-12(11)14/h10-12,14,16H,1-9H2,(H,18,19). The largest absolute Gasteiger partial charge is 0.480 e. The highest BCUT2D eigenvalue weighted by Crippen LogP contribution is 2.58. The molecule has 2 aliphatic carbocycles. The van der Waals surface area contributed by atoms with Crippen molar-refractivity contribution in [2.24, 2.45) is 23.7 Å². The Bertz CT molecular complexity index is 389. The highest BCUT2D eigenvalue weighted by Gasteiger charge is 2.57. The summed E-state index contributed by atoms with van der Waals surface area (Å²) in [7, 11) is 0. The third-order valence-corrected chi connectivity index (χ3v) is 5.23. The van der Waals surface area contributed by atoms with Gasteiger partial charge in [0.15, 0.2) is 0 Å². The Morgan fingerprint density at radius 2 is 1.90 bits per heavy atom. The van der Waals surface area contributed by atoms with Gasteiger partial charge in [0.25, 0.3) is 0 Å². The van der Waals surface area contributed by atoms with E-state index in [0.717, 1.165) is 25.9 Å². The van der Waals surface area contributed by atoms with Crippen LogP contribution in [0.1, 0.15) is 32.1 Å². The number of nitrogens with zero attached hydrogens (tertiary/aromatic N) is 1. The molecule has 1 heterocycles. The topological polar surface area (TPSA) is 69.6 Å². The molecule has 0 aromatic heterocycles. The maximum absolute atomic E-state index is 12.5. The van der Waals surface area contributed by atoms with Gasteiger partial charge in [0.1, 0.15) is 0 Å². The van der Waals surface area contributed by atoms with Gasteiger partial charge in [-0.3, -0.25) is 9.59 Å². The van der Waals surface area contributed by atoms with Gasteiger partial charge < -0.3 is 15.3 Å². The third kappa shape index (κ3) is 2.82. The summed E-state index contributed by atoms with van der Waals surface area (Å²) in [6.07, 6.45) is 5.94. The number of piperidine rings is 1. The Morgan fingerprint density at radius 3 is 2.60 bits per heavy atom. The second-order valence-corrected chi connectivity index (χ2v) is 6.60. The van der Waals surface area contributed by atoms with Crippen molar-refractivity contribution in [1.82, 2.24) is 10.2 Å². The van der Waals surface area contributed by atoms with Crippen LogP contribution in [0, 0.1) is 23.7 Å². The number of carboxylic acids is 1. The van der Waals surface area contributed by atoms with E-state index in [-0.39, 0.29) is 6.54 Å². The third-order valence-electron chi connectivity index (χ3n) is 5.23. The van der Waals surface area contributed by atoms with Crippen molar-refractivity contribution in [3.63, 3.8) is 0 Å². The van der Waals surface area contributed by atoms with E-state index in [1.807, 2.05) is 4.90 Å². The van der Waals surface area contributed by atoms with E-state index in [1.54, 1.807) is 0 Å². The van der Waals surface area contributed by atoms with Gasteiger partial charge in [-0.15, -0.1) is 0 Å². The van der Waals surface area contributed by atoms with Gasteiger partial charge in [-0.2, -0.15) is 0 Å². The van der Waals surface area contributed by atoms with E-state index in [0.29, 0.717) is 36.1 Å². The van der Waals surface area contributed by atoms with Gasteiger partial charge in [-0.1, -0.05) is 6.42 Å². The van der Waals surface area contributed by atoms with Crippen molar-refractivity contribution >= 4 is 11.9 Å². The molecule has 1 aliphatic heterocycles. The lowest BCUT2D eigenvalue weighted by molar-refractivity contribution is -0.137. The van der Waals surface area contributed by atoms with Gasteiger partial charge in [-0.05, 0) is 43.4 Å². The van der Waals surface area contributed by atoms with Crippen molar-refractivity contribution in [3.8, 4) is 0 Å². The molecule has 2 saturated carbocycles. The Labute approximate surface area is 119 Å². The second-order valence-electron chi connectivity index (χ2n) is 6.60. The van der Waals surface area contributed by atoms with Crippen molar-refractivity contribution in [2.45, 2.75) is 32.1 Å². The van der Waals surface area contributed by atoms with Gasteiger partial charge in [0.2, 0.25) is 5.91 Å². The fraction of sp³-hybridized carbons (Fsp3) is 0.867. The molecule has 0 aromatic rings. The zero-order chi connectivity index (χ0) is 14.1. The van der Waals surface area contributed by atoms with Crippen LogP contribution in [-0.2, 0) is 9.59 Å².